The van der Waals surface area contributed by atoms with Crippen molar-refractivity contribution in [1.29, 1.82) is 0 Å². The van der Waals surface area contributed by atoms with Gasteiger partial charge in [-0.3, -0.25) is 0 Å². The minimum atomic E-state index is -4.39. The van der Waals surface area contributed by atoms with Crippen LogP contribution in [0.1, 0.15) is 80.2 Å². The van der Waals surface area contributed by atoms with Crippen molar-refractivity contribution in [2.24, 2.45) is 5.92 Å². The van der Waals surface area contributed by atoms with Crippen LogP contribution in [0, 0.1) is 5.92 Å². The van der Waals surface area contributed by atoms with Gasteiger partial charge >= 0.3 is 6.18 Å². The highest BCUT2D eigenvalue weighted by molar-refractivity contribution is 6.04. The van der Waals surface area contributed by atoms with Crippen molar-refractivity contribution in [2.75, 3.05) is 18.5 Å². The van der Waals surface area contributed by atoms with Crippen molar-refractivity contribution in [2.45, 2.75) is 82.2 Å². The topological polar surface area (TPSA) is 6.25 Å². The molecular weight excluding hydrogens is 674 g/mol. The standard InChI is InChI=1S/C49H50F3N2/c1-35(2)29-32-54-43-28-25-38-17-8-9-18-40(38)46(43)48(33-36-15-6-4-7-16-36,34-37-23-26-39(27-24-37)49(50,51)52)45(54)22-14-21-44-47(30-12-5-13-31-47)41-19-10-11-20-42(41)53(44)3/h4,6-11,14-28,35H,5,12-13,29-34H2,1-3H3/q+1. The molecule has 0 saturated heterocycles. The summed E-state index contributed by atoms with van der Waals surface area (Å²) in [5.41, 5.74) is 8.66. The van der Waals surface area contributed by atoms with Gasteiger partial charge in [-0.25, -0.2) is 0 Å². The normalized spacial score (nSPS) is 20.2. The van der Waals surface area contributed by atoms with Crippen LogP contribution in [0.3, 0.4) is 0 Å². The SMILES string of the molecule is CC(C)CCN1C(=CC=CC2=[N+](C)c3ccccc3C23CCCCC3)C(Cc2ccccc2)(Cc2ccc(C(F)(F)F)cc2)c2c1ccc1ccccc21. The maximum absolute atomic E-state index is 13.8. The van der Waals surface area contributed by atoms with E-state index in [1.54, 1.807) is 12.1 Å². The lowest BCUT2D eigenvalue weighted by atomic mass is 9.67. The van der Waals surface area contributed by atoms with E-state index in [-0.39, 0.29) is 5.41 Å². The molecule has 5 heteroatoms. The van der Waals surface area contributed by atoms with Gasteiger partial charge in [0.2, 0.25) is 5.69 Å². The molecule has 1 aliphatic carbocycles. The molecule has 0 N–H and O–H groups in total. The van der Waals surface area contributed by atoms with E-state index in [4.69, 9.17) is 0 Å². The molecule has 0 radical (unpaired) electrons. The summed E-state index contributed by atoms with van der Waals surface area (Å²) in [6.45, 7) is 5.39. The van der Waals surface area contributed by atoms with Crippen molar-refractivity contribution in [3.63, 3.8) is 0 Å². The van der Waals surface area contributed by atoms with Crippen molar-refractivity contribution < 1.29 is 17.7 Å². The summed E-state index contributed by atoms with van der Waals surface area (Å²) in [5.74, 6) is 0.497. The smallest absolute Gasteiger partial charge is 0.344 e. The fourth-order valence-corrected chi connectivity index (χ4v) is 9.85. The Morgan fingerprint density at radius 1 is 0.759 bits per heavy atom. The molecule has 2 heterocycles. The molecule has 276 valence electrons. The number of allylic oxidation sites excluding steroid dienone is 4. The quantitative estimate of drug-likeness (QED) is 0.137. The van der Waals surface area contributed by atoms with Crippen LogP contribution in [0.2, 0.25) is 0 Å². The first kappa shape index (κ1) is 36.1. The first-order valence-corrected chi connectivity index (χ1v) is 19.7. The Balaban J connectivity index is 1.35. The highest BCUT2D eigenvalue weighted by Crippen LogP contribution is 2.55. The Bertz CT molecular complexity index is 2240. The van der Waals surface area contributed by atoms with Gasteiger partial charge in [0.15, 0.2) is 5.71 Å². The first-order valence-electron chi connectivity index (χ1n) is 19.7. The van der Waals surface area contributed by atoms with Crippen LogP contribution in [0.15, 0.2) is 139 Å². The van der Waals surface area contributed by atoms with E-state index in [1.165, 1.54) is 81.6 Å². The van der Waals surface area contributed by atoms with Gasteiger partial charge in [-0.05, 0) is 89.8 Å². The lowest BCUT2D eigenvalue weighted by Crippen LogP contribution is -2.37. The average molecular weight is 724 g/mol. The summed E-state index contributed by atoms with van der Waals surface area (Å²) in [6, 6.07) is 38.5. The van der Waals surface area contributed by atoms with Crippen molar-refractivity contribution in [3.8, 4) is 0 Å². The van der Waals surface area contributed by atoms with E-state index in [2.05, 4.69) is 134 Å². The number of para-hydroxylation sites is 1. The average Bonchev–Trinajstić information content (AvgIpc) is 3.55. The zero-order valence-corrected chi connectivity index (χ0v) is 31.7. The Labute approximate surface area is 318 Å². The Kier molecular flexibility index (Phi) is 9.62. The highest BCUT2D eigenvalue weighted by atomic mass is 19.4. The van der Waals surface area contributed by atoms with Crippen molar-refractivity contribution in [1.82, 2.24) is 0 Å². The van der Waals surface area contributed by atoms with Gasteiger partial charge < -0.3 is 4.90 Å². The molecule has 1 unspecified atom stereocenters. The molecule has 0 bridgehead atoms. The summed E-state index contributed by atoms with van der Waals surface area (Å²) in [5, 5.41) is 2.36. The number of anilines is 1. The first-order chi connectivity index (χ1) is 26.1. The van der Waals surface area contributed by atoms with Gasteiger partial charge in [-0.15, -0.1) is 0 Å². The zero-order chi connectivity index (χ0) is 37.5. The monoisotopic (exact) mass is 723 g/mol. The third-order valence-electron chi connectivity index (χ3n) is 12.4. The van der Waals surface area contributed by atoms with E-state index in [1.807, 2.05) is 6.07 Å². The molecule has 5 aromatic rings. The van der Waals surface area contributed by atoms with Gasteiger partial charge in [-0.1, -0.05) is 130 Å². The molecule has 1 fully saturated rings. The molecule has 0 aromatic heterocycles. The molecule has 1 saturated carbocycles. The second kappa shape index (κ2) is 14.4. The number of benzene rings is 5. The largest absolute Gasteiger partial charge is 0.416 e. The van der Waals surface area contributed by atoms with E-state index in [9.17, 15) is 13.2 Å². The second-order valence-corrected chi connectivity index (χ2v) is 16.1. The minimum absolute atomic E-state index is 0.00608. The summed E-state index contributed by atoms with van der Waals surface area (Å²) >= 11 is 0. The Hall–Kier alpha value is -4.90. The van der Waals surface area contributed by atoms with E-state index < -0.39 is 17.2 Å². The summed E-state index contributed by atoms with van der Waals surface area (Å²) < 4.78 is 43.8. The molecular formula is C49H50F3N2+. The molecule has 2 nitrogen and oxygen atoms in total. The zero-order valence-electron chi connectivity index (χ0n) is 31.7. The van der Waals surface area contributed by atoms with Gasteiger partial charge in [0.1, 0.15) is 7.05 Å². The fourth-order valence-electron chi connectivity index (χ4n) is 9.85. The van der Waals surface area contributed by atoms with E-state index >= 15 is 0 Å². The van der Waals surface area contributed by atoms with Gasteiger partial charge in [0.05, 0.1) is 11.0 Å². The maximum atomic E-state index is 13.8. The predicted molar refractivity (Wildman–Crippen MR) is 217 cm³/mol. The predicted octanol–water partition coefficient (Wildman–Crippen LogP) is 12.5. The maximum Gasteiger partial charge on any atom is 0.416 e. The van der Waals surface area contributed by atoms with Crippen LogP contribution >= 0.6 is 0 Å². The van der Waals surface area contributed by atoms with Crippen LogP contribution in [0.4, 0.5) is 24.5 Å². The lowest BCUT2D eigenvalue weighted by molar-refractivity contribution is -0.401. The minimum Gasteiger partial charge on any atom is -0.344 e. The number of hydrogen-bond donors (Lipinski definition) is 0. The highest BCUT2D eigenvalue weighted by Gasteiger charge is 2.51. The number of hydrogen-bond acceptors (Lipinski definition) is 1. The summed E-state index contributed by atoms with van der Waals surface area (Å²) in [7, 11) is 2.21. The third kappa shape index (κ3) is 6.40. The molecule has 1 atom stereocenters. The van der Waals surface area contributed by atoms with Crippen molar-refractivity contribution >= 4 is 27.9 Å². The number of alkyl halides is 3. The third-order valence-corrected chi connectivity index (χ3v) is 12.4. The van der Waals surface area contributed by atoms with Crippen LogP contribution in [0.25, 0.3) is 10.8 Å². The molecule has 3 aliphatic rings. The van der Waals surface area contributed by atoms with E-state index in [0.717, 1.165) is 31.4 Å². The van der Waals surface area contributed by atoms with Crippen LogP contribution in [0.5, 0.6) is 0 Å². The van der Waals surface area contributed by atoms with Crippen LogP contribution < -0.4 is 4.90 Å². The van der Waals surface area contributed by atoms with Gasteiger partial charge in [0.25, 0.3) is 0 Å². The molecule has 54 heavy (non-hydrogen) atoms. The van der Waals surface area contributed by atoms with Gasteiger partial charge in [0, 0.05) is 41.1 Å². The summed E-state index contributed by atoms with van der Waals surface area (Å²) in [6.07, 6.45) is 10.9. The van der Waals surface area contributed by atoms with Crippen LogP contribution in [-0.2, 0) is 29.8 Å². The van der Waals surface area contributed by atoms with E-state index in [0.29, 0.717) is 18.8 Å². The second-order valence-electron chi connectivity index (χ2n) is 16.1. The van der Waals surface area contributed by atoms with Crippen molar-refractivity contribution in [3.05, 3.63) is 167 Å². The molecule has 2 aliphatic heterocycles. The number of rotatable bonds is 9. The molecule has 1 spiro atoms. The Morgan fingerprint density at radius 2 is 1.43 bits per heavy atom. The molecule has 0 amide bonds. The van der Waals surface area contributed by atoms with Crippen LogP contribution in [-0.4, -0.2) is 23.9 Å². The summed E-state index contributed by atoms with van der Waals surface area (Å²) in [4.78, 5) is 2.54. The lowest BCUT2D eigenvalue weighted by Gasteiger charge is -2.35. The molecule has 8 rings (SSSR count). The van der Waals surface area contributed by atoms with Gasteiger partial charge in [-0.2, -0.15) is 17.7 Å². The fraction of sp³-hybridized carbons (Fsp3) is 0.327. The number of halogens is 3. The molecule has 5 aromatic carbocycles. The number of nitrogens with zero attached hydrogens (tertiary/aromatic N) is 2. The Morgan fingerprint density at radius 3 is 2.15 bits per heavy atom. The number of fused-ring (bicyclic) bond motifs is 5.